The normalized spacial score (nSPS) is 10.9. The van der Waals surface area contributed by atoms with Gasteiger partial charge in [-0.1, -0.05) is 23.5 Å². The number of nitrogens with zero attached hydrogens (tertiary/aromatic N) is 5. The molecule has 0 aliphatic carbocycles. The largest absolute Gasteiger partial charge is 0.494 e. The van der Waals surface area contributed by atoms with E-state index in [9.17, 15) is 4.79 Å². The molecule has 0 fully saturated rings. The van der Waals surface area contributed by atoms with Gasteiger partial charge < -0.3 is 9.64 Å². The lowest BCUT2D eigenvalue weighted by Gasteiger charge is -2.07. The van der Waals surface area contributed by atoms with Crippen molar-refractivity contribution in [3.05, 3.63) is 47.2 Å². The number of rotatable bonds is 7. The molecule has 3 rings (SSSR count). The summed E-state index contributed by atoms with van der Waals surface area (Å²) in [4.78, 5) is 14.5. The number of ether oxygens (including phenoxy) is 1. The van der Waals surface area contributed by atoms with Crippen molar-refractivity contribution in [3.8, 4) is 11.4 Å². The zero-order valence-electron chi connectivity index (χ0n) is 14.8. The average Bonchev–Trinajstić information content (AvgIpc) is 3.29. The minimum Gasteiger partial charge on any atom is -0.494 e. The fraction of sp³-hybridized carbons (Fsp3) is 0.294. The van der Waals surface area contributed by atoms with Crippen molar-refractivity contribution in [1.29, 1.82) is 0 Å². The van der Waals surface area contributed by atoms with E-state index in [1.807, 2.05) is 38.4 Å². The molecule has 0 unspecified atom stereocenters. The third-order valence-electron chi connectivity index (χ3n) is 3.64. The van der Waals surface area contributed by atoms with E-state index >= 15 is 0 Å². The number of para-hydroxylation sites is 2. The maximum Gasteiger partial charge on any atom is 0.260 e. The Morgan fingerprint density at radius 2 is 2.12 bits per heavy atom. The van der Waals surface area contributed by atoms with Crippen LogP contribution < -0.4 is 10.1 Å². The van der Waals surface area contributed by atoms with Gasteiger partial charge in [0.25, 0.3) is 5.91 Å². The van der Waals surface area contributed by atoms with E-state index in [1.165, 1.54) is 17.5 Å². The second-order valence-corrected chi connectivity index (χ2v) is 6.92. The van der Waals surface area contributed by atoms with Gasteiger partial charge in [0.1, 0.15) is 16.4 Å². The zero-order valence-corrected chi connectivity index (χ0v) is 15.7. The number of nitrogens with one attached hydrogen (secondary N) is 1. The van der Waals surface area contributed by atoms with Crippen molar-refractivity contribution < 1.29 is 9.53 Å². The zero-order chi connectivity index (χ0) is 18.5. The van der Waals surface area contributed by atoms with Crippen LogP contribution in [0.2, 0.25) is 0 Å². The Morgan fingerprint density at radius 3 is 2.88 bits per heavy atom. The van der Waals surface area contributed by atoms with Gasteiger partial charge in [0.15, 0.2) is 0 Å². The summed E-state index contributed by atoms with van der Waals surface area (Å²) in [5.74, 6) is 0.402. The molecular weight excluding hydrogens is 352 g/mol. The molecule has 9 heteroatoms. The summed E-state index contributed by atoms with van der Waals surface area (Å²) in [5.41, 5.74) is 1.19. The van der Waals surface area contributed by atoms with Crippen LogP contribution in [0.15, 0.2) is 36.7 Å². The van der Waals surface area contributed by atoms with E-state index in [1.54, 1.807) is 18.0 Å². The van der Waals surface area contributed by atoms with Crippen LogP contribution in [-0.4, -0.2) is 58.5 Å². The van der Waals surface area contributed by atoms with Gasteiger partial charge >= 0.3 is 0 Å². The van der Waals surface area contributed by atoms with E-state index in [2.05, 4.69) is 25.5 Å². The van der Waals surface area contributed by atoms with Crippen molar-refractivity contribution in [3.63, 3.8) is 0 Å². The average molecular weight is 372 g/mol. The first-order chi connectivity index (χ1) is 12.6. The number of aromatic nitrogens is 4. The Labute approximate surface area is 155 Å². The maximum absolute atomic E-state index is 12.4. The van der Waals surface area contributed by atoms with Crippen LogP contribution >= 0.6 is 11.3 Å². The lowest BCUT2D eigenvalue weighted by Crippen LogP contribution is -2.14. The Kier molecular flexibility index (Phi) is 5.59. The van der Waals surface area contributed by atoms with Gasteiger partial charge in [-0.05, 0) is 26.2 Å². The van der Waals surface area contributed by atoms with Gasteiger partial charge in [-0.3, -0.25) is 10.1 Å². The van der Waals surface area contributed by atoms with Gasteiger partial charge in [-0.25, -0.2) is 4.68 Å². The topological polar surface area (TPSA) is 85.2 Å². The van der Waals surface area contributed by atoms with Crippen molar-refractivity contribution in [2.45, 2.75) is 6.42 Å². The Hall–Kier alpha value is -2.78. The van der Waals surface area contributed by atoms with E-state index in [0.29, 0.717) is 16.4 Å². The molecule has 136 valence electrons. The number of carbonyl (C=O) groups excluding carboxylic acids is 1. The molecule has 8 nitrogen and oxygen atoms in total. The first-order valence-corrected chi connectivity index (χ1v) is 8.85. The number of amides is 1. The quantitative estimate of drug-likeness (QED) is 0.684. The molecule has 0 atom stereocenters. The van der Waals surface area contributed by atoms with Gasteiger partial charge in [-0.2, -0.15) is 5.10 Å². The first kappa shape index (κ1) is 18.0. The van der Waals surface area contributed by atoms with Crippen molar-refractivity contribution in [2.75, 3.05) is 33.1 Å². The van der Waals surface area contributed by atoms with Gasteiger partial charge in [0, 0.05) is 19.2 Å². The maximum atomic E-state index is 12.4. The standard InChI is InChI=1S/C17H20N6O2S/c1-22(2)9-8-15-20-21-17(26-15)19-16(24)12-10-18-23(11-12)13-6-4-5-7-14(13)25-3/h4-7,10-11H,8-9H2,1-3H3,(H,19,21,24). The van der Waals surface area contributed by atoms with Crippen LogP contribution in [0.3, 0.4) is 0 Å². The molecule has 0 spiro atoms. The van der Waals surface area contributed by atoms with E-state index in [0.717, 1.165) is 23.7 Å². The lowest BCUT2D eigenvalue weighted by atomic mass is 10.3. The van der Waals surface area contributed by atoms with Crippen LogP contribution in [-0.2, 0) is 6.42 Å². The van der Waals surface area contributed by atoms with Gasteiger partial charge in [0.2, 0.25) is 5.13 Å². The first-order valence-electron chi connectivity index (χ1n) is 8.03. The summed E-state index contributed by atoms with van der Waals surface area (Å²) >= 11 is 1.38. The highest BCUT2D eigenvalue weighted by Crippen LogP contribution is 2.22. The number of carbonyl (C=O) groups is 1. The minimum atomic E-state index is -0.276. The number of likely N-dealkylation sites (N-methyl/N-ethyl adjacent to an activating group) is 1. The van der Waals surface area contributed by atoms with Crippen LogP contribution in [0, 0.1) is 0 Å². The molecule has 26 heavy (non-hydrogen) atoms. The Balaban J connectivity index is 1.69. The highest BCUT2D eigenvalue weighted by atomic mass is 32.1. The molecule has 0 aliphatic rings. The molecule has 0 saturated heterocycles. The summed E-state index contributed by atoms with van der Waals surface area (Å²) in [5, 5.41) is 16.5. The molecule has 2 heterocycles. The van der Waals surface area contributed by atoms with Crippen molar-refractivity contribution in [1.82, 2.24) is 24.9 Å². The summed E-state index contributed by atoms with van der Waals surface area (Å²) in [6.45, 7) is 0.883. The third-order valence-corrected chi connectivity index (χ3v) is 4.54. The van der Waals surface area contributed by atoms with Crippen molar-refractivity contribution in [2.24, 2.45) is 0 Å². The van der Waals surface area contributed by atoms with Crippen LogP contribution in [0.4, 0.5) is 5.13 Å². The van der Waals surface area contributed by atoms with E-state index in [-0.39, 0.29) is 5.91 Å². The highest BCUT2D eigenvalue weighted by Gasteiger charge is 2.14. The Morgan fingerprint density at radius 1 is 1.31 bits per heavy atom. The number of methoxy groups -OCH3 is 1. The summed E-state index contributed by atoms with van der Waals surface area (Å²) in [6, 6.07) is 7.47. The minimum absolute atomic E-state index is 0.276. The molecule has 0 bridgehead atoms. The molecule has 0 radical (unpaired) electrons. The van der Waals surface area contributed by atoms with Crippen molar-refractivity contribution >= 4 is 22.4 Å². The number of hydrogen-bond acceptors (Lipinski definition) is 7. The fourth-order valence-corrected chi connectivity index (χ4v) is 3.01. The predicted molar refractivity (Wildman–Crippen MR) is 100 cm³/mol. The van der Waals surface area contributed by atoms with Crippen LogP contribution in [0.25, 0.3) is 5.69 Å². The molecule has 1 aromatic carbocycles. The number of benzene rings is 1. The molecule has 1 amide bonds. The highest BCUT2D eigenvalue weighted by molar-refractivity contribution is 7.15. The van der Waals surface area contributed by atoms with Crippen LogP contribution in [0.1, 0.15) is 15.4 Å². The van der Waals surface area contributed by atoms with Crippen LogP contribution in [0.5, 0.6) is 5.75 Å². The number of hydrogen-bond donors (Lipinski definition) is 1. The monoisotopic (exact) mass is 372 g/mol. The van der Waals surface area contributed by atoms with Gasteiger partial charge in [0.05, 0.1) is 18.9 Å². The molecule has 3 aromatic rings. The smallest absolute Gasteiger partial charge is 0.260 e. The molecule has 2 aromatic heterocycles. The second-order valence-electron chi connectivity index (χ2n) is 5.85. The number of anilines is 1. The molecule has 0 saturated carbocycles. The molecular formula is C17H20N6O2S. The van der Waals surface area contributed by atoms with Gasteiger partial charge in [-0.15, -0.1) is 10.2 Å². The SMILES string of the molecule is COc1ccccc1-n1cc(C(=O)Nc2nnc(CCN(C)C)s2)cn1. The summed E-state index contributed by atoms with van der Waals surface area (Å²) in [7, 11) is 5.60. The summed E-state index contributed by atoms with van der Waals surface area (Å²) in [6.07, 6.45) is 3.96. The fourth-order valence-electron chi connectivity index (χ4n) is 2.28. The molecule has 0 aliphatic heterocycles. The molecule has 1 N–H and O–H groups in total. The summed E-state index contributed by atoms with van der Waals surface area (Å²) < 4.78 is 6.93. The second kappa shape index (κ2) is 8.07. The lowest BCUT2D eigenvalue weighted by molar-refractivity contribution is 0.102. The predicted octanol–water partition coefficient (Wildman–Crippen LogP) is 2.09. The van der Waals surface area contributed by atoms with E-state index in [4.69, 9.17) is 4.74 Å². The third kappa shape index (κ3) is 4.24. The van der Waals surface area contributed by atoms with E-state index < -0.39 is 0 Å². The Bertz CT molecular complexity index is 889.